The van der Waals surface area contributed by atoms with E-state index in [0.29, 0.717) is 0 Å². The molecule has 2 nitrogen and oxygen atoms in total. The summed E-state index contributed by atoms with van der Waals surface area (Å²) >= 11 is 0. The second-order valence-corrected chi connectivity index (χ2v) is 4.10. The number of methoxy groups -OCH3 is 1. The highest BCUT2D eigenvalue weighted by Crippen LogP contribution is 2.33. The van der Waals surface area contributed by atoms with Crippen LogP contribution >= 0.6 is 0 Å². The second kappa shape index (κ2) is 4.97. The lowest BCUT2D eigenvalue weighted by atomic mass is 10.0. The van der Waals surface area contributed by atoms with Gasteiger partial charge in [0.05, 0.1) is 13.0 Å². The van der Waals surface area contributed by atoms with Crippen molar-refractivity contribution < 1.29 is 9.53 Å². The number of benzene rings is 1. The van der Waals surface area contributed by atoms with Gasteiger partial charge in [0, 0.05) is 0 Å². The number of hydrogen-bond donors (Lipinski definition) is 0. The van der Waals surface area contributed by atoms with Crippen LogP contribution in [0, 0.1) is 5.92 Å². The fourth-order valence-electron chi connectivity index (χ4n) is 2.22. The second-order valence-electron chi connectivity index (χ2n) is 4.10. The molecule has 2 heteroatoms. The molecule has 1 aromatic carbocycles. The maximum Gasteiger partial charge on any atom is 0.312 e. The molecule has 84 valence electrons. The molecule has 0 bridgehead atoms. The lowest BCUT2D eigenvalue weighted by molar-refractivity contribution is -0.143. The SMILES string of the molecule is COC(=O)C1CCCC1=Cc1ccccc1. The summed E-state index contributed by atoms with van der Waals surface area (Å²) in [5.74, 6) is -0.120. The van der Waals surface area contributed by atoms with Crippen LogP contribution in [0.1, 0.15) is 24.8 Å². The Kier molecular flexibility index (Phi) is 3.40. The quantitative estimate of drug-likeness (QED) is 0.710. The van der Waals surface area contributed by atoms with E-state index >= 15 is 0 Å². The minimum atomic E-state index is -0.0975. The predicted molar refractivity (Wildman–Crippen MR) is 63.8 cm³/mol. The van der Waals surface area contributed by atoms with Crippen molar-refractivity contribution >= 4 is 12.0 Å². The minimum absolute atomic E-state index is 0.0230. The van der Waals surface area contributed by atoms with Crippen molar-refractivity contribution in [3.8, 4) is 0 Å². The van der Waals surface area contributed by atoms with Gasteiger partial charge >= 0.3 is 5.97 Å². The molecule has 1 aliphatic carbocycles. The van der Waals surface area contributed by atoms with Gasteiger partial charge in [-0.15, -0.1) is 0 Å². The van der Waals surface area contributed by atoms with E-state index in [4.69, 9.17) is 4.74 Å². The van der Waals surface area contributed by atoms with Crippen LogP contribution in [0.4, 0.5) is 0 Å². The Morgan fingerprint density at radius 2 is 2.12 bits per heavy atom. The topological polar surface area (TPSA) is 26.3 Å². The monoisotopic (exact) mass is 216 g/mol. The van der Waals surface area contributed by atoms with Gasteiger partial charge in [0.25, 0.3) is 0 Å². The van der Waals surface area contributed by atoms with Gasteiger partial charge in [0.2, 0.25) is 0 Å². The molecule has 0 saturated heterocycles. The normalized spacial score (nSPS) is 22.3. The largest absolute Gasteiger partial charge is 0.469 e. The molecule has 0 amide bonds. The van der Waals surface area contributed by atoms with Crippen LogP contribution in [-0.4, -0.2) is 13.1 Å². The van der Waals surface area contributed by atoms with Gasteiger partial charge in [0.15, 0.2) is 0 Å². The van der Waals surface area contributed by atoms with E-state index in [9.17, 15) is 4.79 Å². The highest BCUT2D eigenvalue weighted by molar-refractivity contribution is 5.78. The highest BCUT2D eigenvalue weighted by Gasteiger charge is 2.28. The molecule has 1 aliphatic rings. The molecule has 0 N–H and O–H groups in total. The molecule has 2 rings (SSSR count). The highest BCUT2D eigenvalue weighted by atomic mass is 16.5. The van der Waals surface area contributed by atoms with Crippen molar-refractivity contribution in [2.75, 3.05) is 7.11 Å². The average Bonchev–Trinajstić information content (AvgIpc) is 2.77. The van der Waals surface area contributed by atoms with Crippen molar-refractivity contribution in [3.63, 3.8) is 0 Å². The maximum atomic E-state index is 11.6. The van der Waals surface area contributed by atoms with Crippen molar-refractivity contribution in [2.24, 2.45) is 5.92 Å². The zero-order valence-corrected chi connectivity index (χ0v) is 9.48. The lowest BCUT2D eigenvalue weighted by Gasteiger charge is -2.09. The summed E-state index contributed by atoms with van der Waals surface area (Å²) in [7, 11) is 1.46. The summed E-state index contributed by atoms with van der Waals surface area (Å²) in [6.07, 6.45) is 5.13. The van der Waals surface area contributed by atoms with Crippen molar-refractivity contribution in [3.05, 3.63) is 41.5 Å². The number of rotatable bonds is 2. The number of carbonyl (C=O) groups is 1. The fraction of sp³-hybridized carbons (Fsp3) is 0.357. The van der Waals surface area contributed by atoms with Crippen LogP contribution in [0.3, 0.4) is 0 Å². The minimum Gasteiger partial charge on any atom is -0.469 e. The molecule has 16 heavy (non-hydrogen) atoms. The van der Waals surface area contributed by atoms with Gasteiger partial charge in [-0.25, -0.2) is 0 Å². The van der Waals surface area contributed by atoms with Crippen LogP contribution in [0.5, 0.6) is 0 Å². The predicted octanol–water partition coefficient (Wildman–Crippen LogP) is 3.04. The Bertz CT molecular complexity index is 392. The number of esters is 1. The van der Waals surface area contributed by atoms with Gasteiger partial charge in [0.1, 0.15) is 0 Å². The van der Waals surface area contributed by atoms with Crippen LogP contribution < -0.4 is 0 Å². The van der Waals surface area contributed by atoms with E-state index in [0.717, 1.165) is 24.8 Å². The zero-order chi connectivity index (χ0) is 11.4. The van der Waals surface area contributed by atoms with Gasteiger partial charge in [-0.1, -0.05) is 42.0 Å². The number of carbonyl (C=O) groups excluding carboxylic acids is 1. The molecule has 1 aromatic rings. The molecule has 1 fully saturated rings. The van der Waals surface area contributed by atoms with E-state index in [1.54, 1.807) is 0 Å². The summed E-state index contributed by atoms with van der Waals surface area (Å²) in [6.45, 7) is 0. The van der Waals surface area contributed by atoms with Crippen LogP contribution in [0.25, 0.3) is 6.08 Å². The Labute approximate surface area is 95.9 Å². The van der Waals surface area contributed by atoms with E-state index in [-0.39, 0.29) is 11.9 Å². The maximum absolute atomic E-state index is 11.6. The van der Waals surface area contributed by atoms with Crippen LogP contribution in [0.15, 0.2) is 35.9 Å². The molecule has 0 aliphatic heterocycles. The van der Waals surface area contributed by atoms with Crippen LogP contribution in [-0.2, 0) is 9.53 Å². The van der Waals surface area contributed by atoms with E-state index in [2.05, 4.69) is 18.2 Å². The molecule has 1 saturated carbocycles. The Balaban J connectivity index is 2.20. The van der Waals surface area contributed by atoms with Gasteiger partial charge in [-0.2, -0.15) is 0 Å². The first-order valence-corrected chi connectivity index (χ1v) is 5.64. The van der Waals surface area contributed by atoms with E-state index in [1.165, 1.54) is 12.7 Å². The third kappa shape index (κ3) is 2.32. The third-order valence-corrected chi connectivity index (χ3v) is 3.04. The van der Waals surface area contributed by atoms with Gasteiger partial charge in [-0.3, -0.25) is 4.79 Å². The Morgan fingerprint density at radius 1 is 1.38 bits per heavy atom. The van der Waals surface area contributed by atoms with E-state index < -0.39 is 0 Å². The summed E-state index contributed by atoms with van der Waals surface area (Å²) < 4.78 is 4.82. The Morgan fingerprint density at radius 3 is 2.81 bits per heavy atom. The summed E-state index contributed by atoms with van der Waals surface area (Å²) in [6, 6.07) is 10.1. The average molecular weight is 216 g/mol. The number of hydrogen-bond acceptors (Lipinski definition) is 2. The smallest absolute Gasteiger partial charge is 0.312 e. The first kappa shape index (κ1) is 10.9. The fourth-order valence-corrected chi connectivity index (χ4v) is 2.22. The molecule has 1 atom stereocenters. The lowest BCUT2D eigenvalue weighted by Crippen LogP contribution is -2.14. The Hall–Kier alpha value is -1.57. The van der Waals surface area contributed by atoms with Crippen molar-refractivity contribution in [1.82, 2.24) is 0 Å². The molecule has 1 unspecified atom stereocenters. The molecule has 0 aromatic heterocycles. The number of ether oxygens (including phenoxy) is 1. The summed E-state index contributed by atoms with van der Waals surface area (Å²) in [4.78, 5) is 11.6. The van der Waals surface area contributed by atoms with Gasteiger partial charge < -0.3 is 4.74 Å². The molecular weight excluding hydrogens is 200 g/mol. The summed E-state index contributed by atoms with van der Waals surface area (Å²) in [5, 5.41) is 0. The molecule has 0 radical (unpaired) electrons. The standard InChI is InChI=1S/C14H16O2/c1-16-14(15)13-9-5-8-12(13)10-11-6-3-2-4-7-11/h2-4,6-7,10,13H,5,8-9H2,1H3. The van der Waals surface area contributed by atoms with E-state index in [1.807, 2.05) is 18.2 Å². The van der Waals surface area contributed by atoms with Crippen molar-refractivity contribution in [1.29, 1.82) is 0 Å². The first-order valence-electron chi connectivity index (χ1n) is 5.64. The summed E-state index contributed by atoms with van der Waals surface area (Å²) in [5.41, 5.74) is 2.37. The van der Waals surface area contributed by atoms with Gasteiger partial charge in [-0.05, 0) is 24.8 Å². The molecular formula is C14H16O2. The molecule has 0 heterocycles. The zero-order valence-electron chi connectivity index (χ0n) is 9.48. The first-order chi connectivity index (χ1) is 7.81. The third-order valence-electron chi connectivity index (χ3n) is 3.04. The molecule has 0 spiro atoms. The van der Waals surface area contributed by atoms with Crippen molar-refractivity contribution in [2.45, 2.75) is 19.3 Å². The van der Waals surface area contributed by atoms with Crippen LogP contribution in [0.2, 0.25) is 0 Å².